The number of hydrogen-bond donors (Lipinski definition) is 1. The van der Waals surface area contributed by atoms with Crippen molar-refractivity contribution in [1.29, 1.82) is 0 Å². The number of carboxylic acid groups (broad SMARTS) is 1. The second kappa shape index (κ2) is 15.4. The van der Waals surface area contributed by atoms with Crippen molar-refractivity contribution in [2.24, 2.45) is 0 Å². The van der Waals surface area contributed by atoms with Gasteiger partial charge in [0, 0.05) is 37.7 Å². The predicted octanol–water partition coefficient (Wildman–Crippen LogP) is 7.06. The van der Waals surface area contributed by atoms with Crippen LogP contribution in [0.5, 0.6) is 5.75 Å². The van der Waals surface area contributed by atoms with Crippen molar-refractivity contribution in [3.63, 3.8) is 0 Å². The second-order valence-electron chi connectivity index (χ2n) is 12.9. The molecule has 0 spiro atoms. The third-order valence-electron chi connectivity index (χ3n) is 8.97. The Morgan fingerprint density at radius 1 is 0.891 bits per heavy atom. The summed E-state index contributed by atoms with van der Waals surface area (Å²) in [4.78, 5) is 30.5. The first-order valence-corrected chi connectivity index (χ1v) is 18.1. The molecule has 1 aromatic heterocycles. The van der Waals surface area contributed by atoms with Gasteiger partial charge in [0.25, 0.3) is 0 Å². The average Bonchev–Trinajstić information content (AvgIpc) is 3.78. The lowest BCUT2D eigenvalue weighted by Crippen LogP contribution is -2.43. The molecule has 292 valence electrons. The van der Waals surface area contributed by atoms with Crippen molar-refractivity contribution < 1.29 is 63.0 Å². The second-order valence-corrected chi connectivity index (χ2v) is 14.7. The highest BCUT2D eigenvalue weighted by Gasteiger charge is 2.41. The van der Waals surface area contributed by atoms with Gasteiger partial charge in [-0.25, -0.2) is 35.2 Å². The van der Waals surface area contributed by atoms with Crippen molar-refractivity contribution in [2.75, 3.05) is 29.4 Å². The third kappa shape index (κ3) is 8.36. The minimum atomic E-state index is -6.04. The molecule has 0 bridgehead atoms. The fourth-order valence-corrected chi connectivity index (χ4v) is 7.55. The third-order valence-corrected chi connectivity index (χ3v) is 10.8. The molecule has 1 aliphatic heterocycles. The lowest BCUT2D eigenvalue weighted by Gasteiger charge is -2.30. The monoisotopic (exact) mass is 798 g/mol. The highest BCUT2D eigenvalue weighted by atomic mass is 32.2. The Hall–Kier alpha value is -5.30. The Bertz CT molecular complexity index is 2220. The van der Waals surface area contributed by atoms with Gasteiger partial charge in [-0.1, -0.05) is 12.1 Å². The normalized spacial score (nSPS) is 14.7. The predicted molar refractivity (Wildman–Crippen MR) is 179 cm³/mol. The average molecular weight is 799 g/mol. The van der Waals surface area contributed by atoms with Crippen LogP contribution in [0.2, 0.25) is 0 Å². The molecule has 2 fully saturated rings. The molecular formula is C36H30F8N4O6S. The van der Waals surface area contributed by atoms with Crippen LogP contribution < -0.4 is 14.5 Å². The summed E-state index contributed by atoms with van der Waals surface area (Å²) in [6.45, 7) is -1.91. The first-order valence-electron chi connectivity index (χ1n) is 16.7. The number of carbonyl (C=O) groups is 2. The molecule has 0 radical (unpaired) electrons. The fraction of sp³-hybridized carbons (Fsp3) is 0.306. The van der Waals surface area contributed by atoms with E-state index in [9.17, 15) is 49.5 Å². The van der Waals surface area contributed by atoms with E-state index in [1.807, 2.05) is 6.07 Å². The van der Waals surface area contributed by atoms with Crippen molar-refractivity contribution in [1.82, 2.24) is 9.29 Å². The minimum Gasteiger partial charge on any atom is -0.488 e. The minimum absolute atomic E-state index is 0.112. The van der Waals surface area contributed by atoms with Gasteiger partial charge in [-0.05, 0) is 73.2 Å². The van der Waals surface area contributed by atoms with Gasteiger partial charge in [-0.3, -0.25) is 9.78 Å². The number of pyridine rings is 1. The van der Waals surface area contributed by atoms with Gasteiger partial charge in [0.1, 0.15) is 5.75 Å². The molecule has 10 nitrogen and oxygen atoms in total. The zero-order valence-corrected chi connectivity index (χ0v) is 29.2. The summed E-state index contributed by atoms with van der Waals surface area (Å²) >= 11 is 0. The molecule has 2 aliphatic rings. The van der Waals surface area contributed by atoms with Crippen LogP contribution in [-0.4, -0.2) is 60.4 Å². The van der Waals surface area contributed by atoms with E-state index in [1.54, 1.807) is 18.2 Å². The molecule has 19 heteroatoms. The molecule has 0 atom stereocenters. The van der Waals surface area contributed by atoms with Crippen LogP contribution in [0.3, 0.4) is 0 Å². The molecule has 0 unspecified atom stereocenters. The van der Waals surface area contributed by atoms with E-state index < -0.39 is 86.3 Å². The molecule has 55 heavy (non-hydrogen) atoms. The molecule has 1 aliphatic carbocycles. The first-order chi connectivity index (χ1) is 26.0. The summed E-state index contributed by atoms with van der Waals surface area (Å²) < 4.78 is 149. The van der Waals surface area contributed by atoms with Crippen LogP contribution in [0.1, 0.15) is 52.7 Å². The summed E-state index contributed by atoms with van der Waals surface area (Å²) in [5, 5.41) is 9.67. The van der Waals surface area contributed by atoms with E-state index in [-0.39, 0.29) is 34.0 Å². The molecule has 6 rings (SSSR count). The highest BCUT2D eigenvalue weighted by Crippen LogP contribution is 2.38. The molecular weight excluding hydrogens is 768 g/mol. The van der Waals surface area contributed by atoms with Crippen molar-refractivity contribution >= 4 is 33.3 Å². The first kappa shape index (κ1) is 39.4. The maximum atomic E-state index is 15.1. The highest BCUT2D eigenvalue weighted by molar-refractivity contribution is 7.89. The summed E-state index contributed by atoms with van der Waals surface area (Å²) in [5.41, 5.74) is -1.55. The van der Waals surface area contributed by atoms with Crippen LogP contribution in [0.4, 0.5) is 46.5 Å². The number of anilines is 2. The van der Waals surface area contributed by atoms with Crippen molar-refractivity contribution in [3.05, 3.63) is 112 Å². The maximum absolute atomic E-state index is 15.1. The topological polar surface area (TPSA) is 120 Å². The number of aromatic nitrogens is 1. The molecule has 3 aromatic carbocycles. The molecule has 1 amide bonds. The van der Waals surface area contributed by atoms with Gasteiger partial charge in [-0.2, -0.15) is 17.5 Å². The van der Waals surface area contributed by atoms with E-state index in [0.717, 1.165) is 54.8 Å². The fourth-order valence-electron chi connectivity index (χ4n) is 6.07. The Kier molecular flexibility index (Phi) is 11.1. The van der Waals surface area contributed by atoms with E-state index in [0.29, 0.717) is 30.7 Å². The van der Waals surface area contributed by atoms with Gasteiger partial charge in [-0.15, -0.1) is 0 Å². The van der Waals surface area contributed by atoms with Gasteiger partial charge in [0.05, 0.1) is 36.0 Å². The van der Waals surface area contributed by atoms with Crippen LogP contribution in [0.25, 0.3) is 0 Å². The lowest BCUT2D eigenvalue weighted by molar-refractivity contribution is -0.138. The maximum Gasteiger partial charge on any atom is 0.416 e. The largest absolute Gasteiger partial charge is 0.488 e. The number of alkyl halides is 3. The van der Waals surface area contributed by atoms with Crippen LogP contribution in [0.15, 0.2) is 65.8 Å². The number of carbonyl (C=O) groups excluding carboxylic acids is 1. The van der Waals surface area contributed by atoms with Crippen LogP contribution >= 0.6 is 0 Å². The number of ether oxygens (including phenoxy) is 1. The molecule has 1 N–H and O–H groups in total. The number of rotatable bonds is 13. The molecule has 2 heterocycles. The molecule has 1 saturated carbocycles. The number of amides is 1. The van der Waals surface area contributed by atoms with Crippen molar-refractivity contribution in [3.8, 4) is 5.75 Å². The summed E-state index contributed by atoms with van der Waals surface area (Å²) in [7, 11) is -6.04. The van der Waals surface area contributed by atoms with Gasteiger partial charge < -0.3 is 19.6 Å². The van der Waals surface area contributed by atoms with E-state index in [2.05, 4.69) is 9.88 Å². The lowest BCUT2D eigenvalue weighted by atomic mass is 10.1. The Morgan fingerprint density at radius 3 is 2.16 bits per heavy atom. The van der Waals surface area contributed by atoms with Gasteiger partial charge in [0.15, 0.2) is 28.2 Å². The smallest absolute Gasteiger partial charge is 0.416 e. The van der Waals surface area contributed by atoms with Crippen LogP contribution in [-0.2, 0) is 34.1 Å². The number of benzene rings is 3. The van der Waals surface area contributed by atoms with E-state index in [4.69, 9.17) is 4.74 Å². The van der Waals surface area contributed by atoms with Gasteiger partial charge in [0.2, 0.25) is 21.7 Å². The Balaban J connectivity index is 1.49. The standard InChI is InChI=1S/C36H30F8N4O6S/c37-29-30(38)32(40)34(33(41)31(29)39)55(52,53)47(18-22-16-45-11-10-25(22)36(42,43)44)19-28(49)48(17-20-4-3-5-23(14-20)46-12-1-2-13-46)26-9-6-21(35(50)51)15-27(26)54-24-7-8-24/h3-6,9-11,14-16,24H,1-2,7-8,12-13,17-19H2,(H,50,51). The zero-order chi connectivity index (χ0) is 39.8. The molecule has 1 saturated heterocycles. The van der Waals surface area contributed by atoms with E-state index in [1.165, 1.54) is 6.07 Å². The van der Waals surface area contributed by atoms with E-state index >= 15 is 8.78 Å². The number of halogens is 8. The SMILES string of the molecule is O=C(O)c1ccc(N(Cc2cccc(N3CCCC3)c2)C(=O)CN(Cc2cnccc2C(F)(F)F)S(=O)(=O)c2c(F)c(F)c(F)c(F)c2F)c(OC2CC2)c1. The summed E-state index contributed by atoms with van der Waals surface area (Å²) in [6.07, 6.45) is -1.24. The van der Waals surface area contributed by atoms with Crippen molar-refractivity contribution in [2.45, 2.75) is 55.9 Å². The zero-order valence-electron chi connectivity index (χ0n) is 28.4. The molecule has 4 aromatic rings. The number of nitrogens with zero attached hydrogens (tertiary/aromatic N) is 4. The van der Waals surface area contributed by atoms with Gasteiger partial charge >= 0.3 is 12.1 Å². The summed E-state index contributed by atoms with van der Waals surface area (Å²) in [6, 6.07) is 10.7. The van der Waals surface area contributed by atoms with Crippen LogP contribution in [0, 0.1) is 29.1 Å². The number of hydrogen-bond acceptors (Lipinski definition) is 7. The number of carboxylic acids is 1. The summed E-state index contributed by atoms with van der Waals surface area (Å²) in [5.74, 6) is -16.4. The Labute approximate surface area is 308 Å². The number of aromatic carboxylic acids is 1. The Morgan fingerprint density at radius 2 is 1.55 bits per heavy atom. The quantitative estimate of drug-likeness (QED) is 0.0868. The number of sulfonamides is 1.